The zero-order chi connectivity index (χ0) is 32.0. The molecule has 0 spiro atoms. The standard InChI is InChI=1S/C30H34ClN7O7/c1-2-3-12-25-32-28(31)27(30(40)44-20-26(39)43-17-8-4-5-9-18-45-38(41)42)37(25)19-21-13-15-22(16-14-21)23-10-6-7-11-24(23)29-33-35-36-34-29/h6-7,10-11,13-16H,2-5,8-9,12,17-20H2,1H3,(H,33,34,35,36). The number of aryl methyl sites for hydroxylation is 1. The molecule has 0 radical (unpaired) electrons. The first-order chi connectivity index (χ1) is 21.9. The average molecular weight is 640 g/mol. The van der Waals surface area contributed by atoms with E-state index in [4.69, 9.17) is 21.1 Å². The zero-order valence-electron chi connectivity index (χ0n) is 24.8. The SMILES string of the molecule is CCCCc1nc(Cl)c(C(=O)OCC(=O)OCCCCCCO[N+](=O)[O-])n1Cc1ccc(-c2ccccc2-c2nn[nH]n2)cc1. The van der Waals surface area contributed by atoms with Crippen LogP contribution in [0.15, 0.2) is 48.5 Å². The van der Waals surface area contributed by atoms with Crippen LogP contribution in [0.2, 0.25) is 5.15 Å². The van der Waals surface area contributed by atoms with Crippen LogP contribution in [0.1, 0.15) is 67.3 Å². The second-order valence-corrected chi connectivity index (χ2v) is 10.5. The minimum Gasteiger partial charge on any atom is -0.463 e. The zero-order valence-corrected chi connectivity index (χ0v) is 25.6. The summed E-state index contributed by atoms with van der Waals surface area (Å²) in [7, 11) is 0. The van der Waals surface area contributed by atoms with E-state index >= 15 is 0 Å². The van der Waals surface area contributed by atoms with E-state index in [2.05, 4.69) is 37.4 Å². The second-order valence-electron chi connectivity index (χ2n) is 10.1. The van der Waals surface area contributed by atoms with E-state index in [0.29, 0.717) is 50.3 Å². The molecule has 14 nitrogen and oxygen atoms in total. The van der Waals surface area contributed by atoms with E-state index in [0.717, 1.165) is 35.1 Å². The molecule has 45 heavy (non-hydrogen) atoms. The lowest BCUT2D eigenvalue weighted by molar-refractivity contribution is -0.757. The first kappa shape index (κ1) is 33.1. The highest BCUT2D eigenvalue weighted by molar-refractivity contribution is 6.32. The van der Waals surface area contributed by atoms with Crippen LogP contribution < -0.4 is 0 Å². The largest absolute Gasteiger partial charge is 0.463 e. The summed E-state index contributed by atoms with van der Waals surface area (Å²) in [6.45, 7) is 1.97. The number of hydrogen-bond acceptors (Lipinski definition) is 11. The number of halogens is 1. The third kappa shape index (κ3) is 9.57. The quantitative estimate of drug-likeness (QED) is 0.0651. The van der Waals surface area contributed by atoms with Gasteiger partial charge in [0.15, 0.2) is 17.5 Å². The molecule has 1 N–H and O–H groups in total. The van der Waals surface area contributed by atoms with Crippen molar-refractivity contribution in [3.8, 4) is 22.5 Å². The fraction of sp³-hybridized carbons (Fsp3) is 0.400. The molecule has 0 bridgehead atoms. The van der Waals surface area contributed by atoms with E-state index in [1.807, 2.05) is 48.5 Å². The lowest BCUT2D eigenvalue weighted by atomic mass is 9.98. The number of tetrazole rings is 1. The number of unbranched alkanes of at least 4 members (excludes halogenated alkanes) is 4. The van der Waals surface area contributed by atoms with Crippen molar-refractivity contribution in [2.45, 2.75) is 58.4 Å². The molecule has 4 rings (SSSR count). The molecule has 0 saturated carbocycles. The minimum atomic E-state index is -0.825. The van der Waals surface area contributed by atoms with Crippen molar-refractivity contribution in [3.05, 3.63) is 80.9 Å². The maximum Gasteiger partial charge on any atom is 0.358 e. The number of hydrogen-bond donors (Lipinski definition) is 1. The number of rotatable bonds is 18. The van der Waals surface area contributed by atoms with Gasteiger partial charge in [-0.1, -0.05) is 79.9 Å². The van der Waals surface area contributed by atoms with Gasteiger partial charge in [-0.2, -0.15) is 5.21 Å². The number of imidazole rings is 1. The molecule has 0 aliphatic carbocycles. The van der Waals surface area contributed by atoms with E-state index in [1.165, 1.54) is 0 Å². The Morgan fingerprint density at radius 2 is 1.71 bits per heavy atom. The van der Waals surface area contributed by atoms with E-state index in [9.17, 15) is 19.7 Å². The number of aromatic amines is 1. The lowest BCUT2D eigenvalue weighted by Gasteiger charge is -2.13. The summed E-state index contributed by atoms with van der Waals surface area (Å²) in [5.41, 5.74) is 3.71. The summed E-state index contributed by atoms with van der Waals surface area (Å²) >= 11 is 6.43. The Kier molecular flexibility index (Phi) is 12.4. The highest BCUT2D eigenvalue weighted by atomic mass is 35.5. The Balaban J connectivity index is 1.38. The van der Waals surface area contributed by atoms with Gasteiger partial charge in [-0.05, 0) is 47.6 Å². The normalized spacial score (nSPS) is 10.9. The maximum absolute atomic E-state index is 13.1. The Hall–Kier alpha value is -4.85. The molecule has 0 saturated heterocycles. The van der Waals surface area contributed by atoms with Crippen molar-refractivity contribution in [2.24, 2.45) is 0 Å². The topological polar surface area (TPSA) is 177 Å². The maximum atomic E-state index is 13.1. The van der Waals surface area contributed by atoms with Crippen molar-refractivity contribution >= 4 is 23.5 Å². The predicted molar refractivity (Wildman–Crippen MR) is 163 cm³/mol. The highest BCUT2D eigenvalue weighted by Crippen LogP contribution is 2.30. The van der Waals surface area contributed by atoms with Gasteiger partial charge < -0.3 is 18.9 Å². The van der Waals surface area contributed by atoms with Crippen molar-refractivity contribution < 1.29 is 29.0 Å². The number of ether oxygens (including phenoxy) is 2. The van der Waals surface area contributed by atoms with Gasteiger partial charge in [-0.3, -0.25) is 0 Å². The number of nitrogens with zero attached hydrogens (tertiary/aromatic N) is 6. The molecular weight excluding hydrogens is 606 g/mol. The number of nitrogens with one attached hydrogen (secondary N) is 1. The van der Waals surface area contributed by atoms with Crippen molar-refractivity contribution in [1.82, 2.24) is 30.2 Å². The summed E-state index contributed by atoms with van der Waals surface area (Å²) in [5, 5.41) is 23.7. The molecule has 0 aliphatic rings. The van der Waals surface area contributed by atoms with Gasteiger partial charge in [0.25, 0.3) is 5.09 Å². The fourth-order valence-corrected chi connectivity index (χ4v) is 4.93. The Labute approximate surface area is 264 Å². The first-order valence-electron chi connectivity index (χ1n) is 14.6. The van der Waals surface area contributed by atoms with Gasteiger partial charge in [0, 0.05) is 18.5 Å². The summed E-state index contributed by atoms with van der Waals surface area (Å²) in [5.74, 6) is -0.325. The molecule has 15 heteroatoms. The molecule has 0 amide bonds. The third-order valence-electron chi connectivity index (χ3n) is 6.89. The third-order valence-corrected chi connectivity index (χ3v) is 7.15. The van der Waals surface area contributed by atoms with Crippen LogP contribution in [0.4, 0.5) is 0 Å². The van der Waals surface area contributed by atoms with Gasteiger partial charge in [0.05, 0.1) is 13.2 Å². The van der Waals surface area contributed by atoms with Crippen molar-refractivity contribution in [3.63, 3.8) is 0 Å². The lowest BCUT2D eigenvalue weighted by Crippen LogP contribution is -2.20. The molecular formula is C30H34ClN7O7. The number of benzene rings is 2. The first-order valence-corrected chi connectivity index (χ1v) is 15.0. The fourth-order valence-electron chi connectivity index (χ4n) is 4.65. The summed E-state index contributed by atoms with van der Waals surface area (Å²) in [6, 6.07) is 15.6. The second kappa shape index (κ2) is 16.9. The Morgan fingerprint density at radius 1 is 0.978 bits per heavy atom. The molecule has 0 aliphatic heterocycles. The molecule has 0 atom stereocenters. The van der Waals surface area contributed by atoms with Gasteiger partial charge >= 0.3 is 11.9 Å². The average Bonchev–Trinajstić information content (AvgIpc) is 3.68. The highest BCUT2D eigenvalue weighted by Gasteiger charge is 2.24. The van der Waals surface area contributed by atoms with E-state index in [-0.39, 0.29) is 24.1 Å². The number of aromatic nitrogens is 6. The Morgan fingerprint density at radius 3 is 2.40 bits per heavy atom. The van der Waals surface area contributed by atoms with Crippen LogP contribution in [-0.4, -0.2) is 67.0 Å². The smallest absolute Gasteiger partial charge is 0.358 e. The van der Waals surface area contributed by atoms with Gasteiger partial charge in [0.1, 0.15) is 5.82 Å². The number of carbonyl (C=O) groups is 2. The van der Waals surface area contributed by atoms with Gasteiger partial charge in [-0.25, -0.2) is 14.6 Å². The van der Waals surface area contributed by atoms with Crippen molar-refractivity contribution in [2.75, 3.05) is 19.8 Å². The van der Waals surface area contributed by atoms with E-state index in [1.54, 1.807) is 4.57 Å². The number of carbonyl (C=O) groups excluding carboxylic acids is 2. The van der Waals surface area contributed by atoms with Gasteiger partial charge in [-0.15, -0.1) is 20.3 Å². The molecule has 0 fully saturated rings. The van der Waals surface area contributed by atoms with Crippen molar-refractivity contribution in [1.29, 1.82) is 0 Å². The van der Waals surface area contributed by atoms with Crippen LogP contribution in [0.25, 0.3) is 22.5 Å². The van der Waals surface area contributed by atoms with Crippen LogP contribution in [-0.2, 0) is 32.1 Å². The van der Waals surface area contributed by atoms with Crippen LogP contribution in [0.3, 0.4) is 0 Å². The number of H-pyrrole nitrogens is 1. The monoisotopic (exact) mass is 639 g/mol. The molecule has 238 valence electrons. The molecule has 4 aromatic rings. The van der Waals surface area contributed by atoms with Crippen LogP contribution in [0, 0.1) is 10.1 Å². The summed E-state index contributed by atoms with van der Waals surface area (Å²) < 4.78 is 12.1. The number of esters is 2. The summed E-state index contributed by atoms with van der Waals surface area (Å²) in [6.07, 6.45) is 4.88. The molecule has 2 heterocycles. The molecule has 2 aromatic carbocycles. The minimum absolute atomic E-state index is 0.00573. The van der Waals surface area contributed by atoms with Crippen LogP contribution >= 0.6 is 11.6 Å². The van der Waals surface area contributed by atoms with Crippen LogP contribution in [0.5, 0.6) is 0 Å². The van der Waals surface area contributed by atoms with E-state index < -0.39 is 23.6 Å². The Bertz CT molecular complexity index is 1560. The molecule has 0 unspecified atom stereocenters. The summed E-state index contributed by atoms with van der Waals surface area (Å²) in [4.78, 5) is 44.1. The molecule has 2 aromatic heterocycles. The van der Waals surface area contributed by atoms with Gasteiger partial charge in [0.2, 0.25) is 5.82 Å². The predicted octanol–water partition coefficient (Wildman–Crippen LogP) is 5.24.